The lowest BCUT2D eigenvalue weighted by Crippen LogP contribution is -2.34. The van der Waals surface area contributed by atoms with E-state index in [1.54, 1.807) is 29.2 Å². The summed E-state index contributed by atoms with van der Waals surface area (Å²) < 4.78 is 15.6. The van der Waals surface area contributed by atoms with Crippen LogP contribution in [-0.2, 0) is 4.74 Å². The standard InChI is InChI=1S/C24H28N6O3/c1-15(2)33-21-11-19-16(13-30(28-19)17-6-7-24(3,4)32-14-17)10-18(21)23(31)27-20-12-26-29-9-5-8-25-22(20)29/h5,8-13,15,17H,6-7,14H2,1-4H3,(H,27,31). The predicted octanol–water partition coefficient (Wildman–Crippen LogP) is 4.25. The minimum atomic E-state index is -0.288. The summed E-state index contributed by atoms with van der Waals surface area (Å²) in [5, 5.41) is 12.8. The Kier molecular flexibility index (Phi) is 5.28. The Hall–Kier alpha value is -3.46. The average Bonchev–Trinajstić information content (AvgIpc) is 3.36. The highest BCUT2D eigenvalue weighted by molar-refractivity contribution is 6.09. The molecule has 0 saturated carbocycles. The number of rotatable bonds is 5. The Bertz CT molecular complexity index is 1310. The van der Waals surface area contributed by atoms with Crippen LogP contribution in [-0.4, -0.2) is 48.6 Å². The molecule has 4 aromatic rings. The first-order valence-electron chi connectivity index (χ1n) is 11.2. The Balaban J connectivity index is 1.48. The summed E-state index contributed by atoms with van der Waals surface area (Å²) in [5.41, 5.74) is 2.23. The molecule has 5 rings (SSSR count). The van der Waals surface area contributed by atoms with Gasteiger partial charge in [-0.2, -0.15) is 10.2 Å². The van der Waals surface area contributed by atoms with Crippen molar-refractivity contribution < 1.29 is 14.3 Å². The molecule has 33 heavy (non-hydrogen) atoms. The van der Waals surface area contributed by atoms with E-state index in [-0.39, 0.29) is 23.7 Å². The van der Waals surface area contributed by atoms with Crippen LogP contribution in [0.5, 0.6) is 5.75 Å². The molecule has 1 N–H and O–H groups in total. The molecule has 0 bridgehead atoms. The second-order valence-corrected chi connectivity index (χ2v) is 9.35. The fraction of sp³-hybridized carbons (Fsp3) is 0.417. The number of anilines is 1. The number of amides is 1. The fourth-order valence-corrected chi connectivity index (χ4v) is 4.09. The van der Waals surface area contributed by atoms with Crippen LogP contribution in [0.15, 0.2) is 43.0 Å². The van der Waals surface area contributed by atoms with Gasteiger partial charge in [0.15, 0.2) is 5.65 Å². The highest BCUT2D eigenvalue weighted by Crippen LogP contribution is 2.32. The molecule has 9 nitrogen and oxygen atoms in total. The Morgan fingerprint density at radius 3 is 2.94 bits per heavy atom. The van der Waals surface area contributed by atoms with E-state index in [0.29, 0.717) is 29.3 Å². The Labute approximate surface area is 191 Å². The largest absolute Gasteiger partial charge is 0.490 e. The molecule has 0 aliphatic carbocycles. The molecule has 1 unspecified atom stereocenters. The molecule has 172 valence electrons. The smallest absolute Gasteiger partial charge is 0.259 e. The van der Waals surface area contributed by atoms with E-state index in [2.05, 4.69) is 29.2 Å². The van der Waals surface area contributed by atoms with Gasteiger partial charge in [-0.25, -0.2) is 9.50 Å². The number of ether oxygens (including phenoxy) is 2. The van der Waals surface area contributed by atoms with Gasteiger partial charge in [-0.05, 0) is 52.7 Å². The lowest BCUT2D eigenvalue weighted by atomic mass is 9.96. The molecular weight excluding hydrogens is 420 g/mol. The van der Waals surface area contributed by atoms with E-state index >= 15 is 0 Å². The number of nitrogens with zero attached hydrogens (tertiary/aromatic N) is 5. The predicted molar refractivity (Wildman–Crippen MR) is 125 cm³/mol. The zero-order valence-electron chi connectivity index (χ0n) is 19.3. The van der Waals surface area contributed by atoms with Crippen LogP contribution in [0.1, 0.15) is 56.9 Å². The highest BCUT2D eigenvalue weighted by atomic mass is 16.5. The topological polar surface area (TPSA) is 95.6 Å². The zero-order chi connectivity index (χ0) is 23.2. The Morgan fingerprint density at radius 1 is 1.33 bits per heavy atom. The number of nitrogens with one attached hydrogen (secondary N) is 1. The van der Waals surface area contributed by atoms with E-state index in [1.165, 1.54) is 0 Å². The van der Waals surface area contributed by atoms with Gasteiger partial charge in [0.05, 0.1) is 41.6 Å². The third-order valence-electron chi connectivity index (χ3n) is 5.88. The van der Waals surface area contributed by atoms with E-state index in [0.717, 1.165) is 23.7 Å². The molecule has 1 atom stereocenters. The third kappa shape index (κ3) is 4.28. The van der Waals surface area contributed by atoms with E-state index < -0.39 is 0 Å². The van der Waals surface area contributed by atoms with Crippen molar-refractivity contribution >= 4 is 28.1 Å². The van der Waals surface area contributed by atoms with Crippen molar-refractivity contribution in [2.45, 2.75) is 58.3 Å². The number of benzene rings is 1. The lowest BCUT2D eigenvalue weighted by molar-refractivity contribution is -0.0745. The SMILES string of the molecule is CC(C)Oc1cc2nn(C3CCC(C)(C)OC3)cc2cc1C(=O)Nc1cnn2cccnc12. The maximum atomic E-state index is 13.3. The van der Waals surface area contributed by atoms with Crippen molar-refractivity contribution in [3.63, 3.8) is 0 Å². The molecule has 0 radical (unpaired) electrons. The third-order valence-corrected chi connectivity index (χ3v) is 5.88. The molecule has 3 aromatic heterocycles. The molecule has 1 fully saturated rings. The van der Waals surface area contributed by atoms with Gasteiger partial charge in [-0.15, -0.1) is 0 Å². The first-order chi connectivity index (χ1) is 15.8. The van der Waals surface area contributed by atoms with E-state index in [9.17, 15) is 4.79 Å². The van der Waals surface area contributed by atoms with Crippen molar-refractivity contribution in [1.82, 2.24) is 24.4 Å². The van der Waals surface area contributed by atoms with Gasteiger partial charge < -0.3 is 14.8 Å². The summed E-state index contributed by atoms with van der Waals surface area (Å²) in [7, 11) is 0. The van der Waals surface area contributed by atoms with Gasteiger partial charge in [-0.1, -0.05) is 0 Å². The number of hydrogen-bond acceptors (Lipinski definition) is 6. The van der Waals surface area contributed by atoms with Crippen LogP contribution in [0, 0.1) is 0 Å². The second-order valence-electron chi connectivity index (χ2n) is 9.35. The average molecular weight is 449 g/mol. The maximum absolute atomic E-state index is 13.3. The summed E-state index contributed by atoms with van der Waals surface area (Å²) in [6.45, 7) is 8.71. The van der Waals surface area contributed by atoms with Gasteiger partial charge in [-0.3, -0.25) is 9.48 Å². The van der Waals surface area contributed by atoms with Gasteiger partial charge in [0.25, 0.3) is 5.91 Å². The molecular formula is C24H28N6O3. The van der Waals surface area contributed by atoms with E-state index in [1.807, 2.05) is 36.9 Å². The number of carbonyl (C=O) groups is 1. The minimum absolute atomic E-state index is 0.0938. The zero-order valence-corrected chi connectivity index (χ0v) is 19.3. The molecule has 1 amide bonds. The van der Waals surface area contributed by atoms with Crippen LogP contribution in [0.4, 0.5) is 5.69 Å². The molecule has 1 aliphatic rings. The number of hydrogen-bond donors (Lipinski definition) is 1. The fourth-order valence-electron chi connectivity index (χ4n) is 4.09. The first kappa shape index (κ1) is 21.4. The highest BCUT2D eigenvalue weighted by Gasteiger charge is 2.29. The normalized spacial score (nSPS) is 18.2. The van der Waals surface area contributed by atoms with Crippen molar-refractivity contribution in [3.05, 3.63) is 48.5 Å². The molecule has 1 saturated heterocycles. The quantitative estimate of drug-likeness (QED) is 0.490. The van der Waals surface area contributed by atoms with Crippen LogP contribution in [0.25, 0.3) is 16.6 Å². The Morgan fingerprint density at radius 2 is 2.18 bits per heavy atom. The second kappa shape index (κ2) is 8.15. The first-order valence-corrected chi connectivity index (χ1v) is 11.2. The summed E-state index contributed by atoms with van der Waals surface area (Å²) in [6, 6.07) is 5.62. The number of aromatic nitrogens is 5. The monoisotopic (exact) mass is 448 g/mol. The van der Waals surface area contributed by atoms with Crippen LogP contribution in [0.2, 0.25) is 0 Å². The summed E-state index contributed by atoms with van der Waals surface area (Å²) in [5.74, 6) is 0.203. The lowest BCUT2D eigenvalue weighted by Gasteiger charge is -2.34. The number of carbonyl (C=O) groups excluding carboxylic acids is 1. The van der Waals surface area contributed by atoms with Crippen molar-refractivity contribution in [2.24, 2.45) is 0 Å². The van der Waals surface area contributed by atoms with Gasteiger partial charge >= 0.3 is 0 Å². The molecule has 0 spiro atoms. The van der Waals surface area contributed by atoms with Crippen molar-refractivity contribution in [1.29, 1.82) is 0 Å². The molecule has 9 heteroatoms. The molecule has 1 aliphatic heterocycles. The van der Waals surface area contributed by atoms with Crippen molar-refractivity contribution in [3.8, 4) is 5.75 Å². The van der Waals surface area contributed by atoms with Crippen LogP contribution >= 0.6 is 0 Å². The minimum Gasteiger partial charge on any atom is -0.490 e. The summed E-state index contributed by atoms with van der Waals surface area (Å²) in [4.78, 5) is 17.6. The molecule has 4 heterocycles. The summed E-state index contributed by atoms with van der Waals surface area (Å²) in [6.07, 6.45) is 8.88. The maximum Gasteiger partial charge on any atom is 0.259 e. The van der Waals surface area contributed by atoms with Crippen molar-refractivity contribution in [2.75, 3.05) is 11.9 Å². The van der Waals surface area contributed by atoms with Crippen LogP contribution < -0.4 is 10.1 Å². The van der Waals surface area contributed by atoms with E-state index in [4.69, 9.17) is 14.6 Å². The van der Waals surface area contributed by atoms with Gasteiger partial charge in [0.1, 0.15) is 11.4 Å². The van der Waals surface area contributed by atoms with Crippen LogP contribution in [0.3, 0.4) is 0 Å². The number of fused-ring (bicyclic) bond motifs is 2. The van der Waals surface area contributed by atoms with Gasteiger partial charge in [0, 0.05) is 30.0 Å². The summed E-state index contributed by atoms with van der Waals surface area (Å²) >= 11 is 0. The van der Waals surface area contributed by atoms with Gasteiger partial charge in [0.2, 0.25) is 0 Å². The molecule has 1 aromatic carbocycles.